The van der Waals surface area contributed by atoms with E-state index in [1.807, 2.05) is 0 Å². The lowest BCUT2D eigenvalue weighted by Crippen LogP contribution is -2.25. The van der Waals surface area contributed by atoms with Gasteiger partial charge in [-0.2, -0.15) is 8.78 Å². The molecule has 0 N–H and O–H groups in total. The summed E-state index contributed by atoms with van der Waals surface area (Å²) in [6, 6.07) is 0. The van der Waals surface area contributed by atoms with Gasteiger partial charge in [-0.15, -0.1) is 5.10 Å². The van der Waals surface area contributed by atoms with Crippen LogP contribution in [-0.2, 0) is 5.54 Å². The minimum atomic E-state index is -0.734. The van der Waals surface area contributed by atoms with E-state index in [1.165, 1.54) is 6.92 Å². The Kier molecular flexibility index (Phi) is 1.94. The van der Waals surface area contributed by atoms with Crippen LogP contribution in [0.5, 0.6) is 0 Å². The lowest BCUT2D eigenvalue weighted by Gasteiger charge is -2.19. The van der Waals surface area contributed by atoms with E-state index in [2.05, 4.69) is 5.10 Å². The Bertz CT molecular complexity index is 297. The molecule has 1 rings (SSSR count). The quantitative estimate of drug-likeness (QED) is 0.589. The molecule has 0 atom stereocenters. The number of hydrogen-bond donors (Lipinski definition) is 0. The number of aromatic nitrogens is 2. The van der Waals surface area contributed by atoms with Gasteiger partial charge in [0.1, 0.15) is 0 Å². The molecule has 1 aromatic heterocycles. The summed E-state index contributed by atoms with van der Waals surface area (Å²) >= 11 is 0. The molecule has 0 spiro atoms. The molecule has 2 nitrogen and oxygen atoms in total. The molecule has 0 unspecified atom stereocenters. The second-order valence-electron chi connectivity index (χ2n) is 3.79. The fourth-order valence-electron chi connectivity index (χ4n) is 0.895. The Morgan fingerprint density at radius 3 is 1.92 bits per heavy atom. The second kappa shape index (κ2) is 2.54. The second-order valence-corrected chi connectivity index (χ2v) is 3.79. The average Bonchev–Trinajstić information content (AvgIpc) is 2.15. The highest BCUT2D eigenvalue weighted by atomic mass is 19.1. The molecule has 0 amide bonds. The van der Waals surface area contributed by atoms with Crippen LogP contribution in [-0.4, -0.2) is 9.78 Å². The van der Waals surface area contributed by atoms with Crippen LogP contribution in [0.4, 0.5) is 8.78 Å². The van der Waals surface area contributed by atoms with Crippen molar-refractivity contribution in [3.63, 3.8) is 0 Å². The minimum absolute atomic E-state index is 0.0232. The van der Waals surface area contributed by atoms with Crippen LogP contribution >= 0.6 is 0 Å². The molecular weight excluding hydrogens is 162 g/mol. The van der Waals surface area contributed by atoms with Crippen LogP contribution in [0.15, 0.2) is 0 Å². The van der Waals surface area contributed by atoms with E-state index in [-0.39, 0.29) is 5.56 Å². The summed E-state index contributed by atoms with van der Waals surface area (Å²) in [6.07, 6.45) is 0. The number of rotatable bonds is 0. The van der Waals surface area contributed by atoms with E-state index in [9.17, 15) is 8.78 Å². The molecule has 0 fully saturated rings. The van der Waals surface area contributed by atoms with Crippen LogP contribution in [0.3, 0.4) is 0 Å². The molecule has 4 heteroatoms. The SMILES string of the molecule is Cc1c(F)nn(C(C)(C)C)c1F. The van der Waals surface area contributed by atoms with Gasteiger partial charge >= 0.3 is 0 Å². The van der Waals surface area contributed by atoms with Gasteiger partial charge in [-0.3, -0.25) is 0 Å². The van der Waals surface area contributed by atoms with Crippen molar-refractivity contribution in [3.05, 3.63) is 17.5 Å². The van der Waals surface area contributed by atoms with E-state index in [0.29, 0.717) is 0 Å². The van der Waals surface area contributed by atoms with Gasteiger partial charge in [0, 0.05) is 0 Å². The standard InChI is InChI=1S/C8H12F2N2/c1-5-6(9)11-12(7(5)10)8(2,3)4/h1-4H3. The molecule has 0 bridgehead atoms. The van der Waals surface area contributed by atoms with Gasteiger partial charge < -0.3 is 0 Å². The molecule has 0 aliphatic carbocycles. The maximum atomic E-state index is 13.2. The smallest absolute Gasteiger partial charge is 0.231 e. The third-order valence-electron chi connectivity index (χ3n) is 1.63. The maximum absolute atomic E-state index is 13.2. The van der Waals surface area contributed by atoms with Crippen molar-refractivity contribution in [2.24, 2.45) is 0 Å². The first-order valence-electron chi connectivity index (χ1n) is 3.75. The van der Waals surface area contributed by atoms with Gasteiger partial charge in [0.25, 0.3) is 0 Å². The summed E-state index contributed by atoms with van der Waals surface area (Å²) in [5, 5.41) is 3.46. The molecule has 68 valence electrons. The molecule has 0 aliphatic rings. The van der Waals surface area contributed by atoms with Crippen LogP contribution in [0, 0.1) is 18.8 Å². The van der Waals surface area contributed by atoms with E-state index >= 15 is 0 Å². The fraction of sp³-hybridized carbons (Fsp3) is 0.625. The third-order valence-corrected chi connectivity index (χ3v) is 1.63. The Balaban J connectivity index is 3.28. The Labute approximate surface area is 70.2 Å². The van der Waals surface area contributed by atoms with Crippen molar-refractivity contribution in [1.82, 2.24) is 9.78 Å². The number of nitrogens with zero attached hydrogens (tertiary/aromatic N) is 2. The molecule has 0 saturated carbocycles. The third kappa shape index (κ3) is 1.33. The van der Waals surface area contributed by atoms with Crippen molar-refractivity contribution < 1.29 is 8.78 Å². The fourth-order valence-corrected chi connectivity index (χ4v) is 0.895. The molecule has 1 heterocycles. The molecular formula is C8H12F2N2. The molecule has 0 aliphatic heterocycles. The van der Waals surface area contributed by atoms with Crippen LogP contribution < -0.4 is 0 Å². The lowest BCUT2D eigenvalue weighted by molar-refractivity contribution is 0.292. The van der Waals surface area contributed by atoms with Crippen molar-refractivity contribution in [2.45, 2.75) is 33.2 Å². The summed E-state index contributed by atoms with van der Waals surface area (Å²) in [7, 11) is 0. The normalized spacial score (nSPS) is 12.2. The molecule has 12 heavy (non-hydrogen) atoms. The van der Waals surface area contributed by atoms with Crippen molar-refractivity contribution >= 4 is 0 Å². The first-order chi connectivity index (χ1) is 5.34. The van der Waals surface area contributed by atoms with Crippen LogP contribution in [0.1, 0.15) is 26.3 Å². The predicted molar refractivity (Wildman–Crippen MR) is 41.9 cm³/mol. The highest BCUT2D eigenvalue weighted by Gasteiger charge is 2.22. The van der Waals surface area contributed by atoms with E-state index in [4.69, 9.17) is 0 Å². The summed E-state index contributed by atoms with van der Waals surface area (Å²) < 4.78 is 27.0. The van der Waals surface area contributed by atoms with Gasteiger partial charge in [-0.05, 0) is 27.7 Å². The van der Waals surface area contributed by atoms with E-state index in [1.54, 1.807) is 20.8 Å². The van der Waals surface area contributed by atoms with E-state index < -0.39 is 17.4 Å². The largest absolute Gasteiger partial charge is 0.238 e. The first kappa shape index (κ1) is 9.16. The highest BCUT2D eigenvalue weighted by molar-refractivity contribution is 5.07. The molecule has 0 radical (unpaired) electrons. The topological polar surface area (TPSA) is 17.8 Å². The number of hydrogen-bond acceptors (Lipinski definition) is 1. The number of halogens is 2. The Hall–Kier alpha value is -0.930. The maximum Gasteiger partial charge on any atom is 0.238 e. The monoisotopic (exact) mass is 174 g/mol. The molecule has 0 aromatic carbocycles. The van der Waals surface area contributed by atoms with Gasteiger partial charge in [-0.25, -0.2) is 4.68 Å². The Morgan fingerprint density at radius 1 is 1.25 bits per heavy atom. The Morgan fingerprint density at radius 2 is 1.75 bits per heavy atom. The molecule has 0 saturated heterocycles. The predicted octanol–water partition coefficient (Wildman–Crippen LogP) is 2.22. The van der Waals surface area contributed by atoms with Crippen LogP contribution in [0.2, 0.25) is 0 Å². The van der Waals surface area contributed by atoms with Gasteiger partial charge in [0.2, 0.25) is 11.9 Å². The zero-order valence-electron chi connectivity index (χ0n) is 7.65. The minimum Gasteiger partial charge on any atom is -0.231 e. The molecule has 1 aromatic rings. The van der Waals surface area contributed by atoms with Crippen molar-refractivity contribution in [2.75, 3.05) is 0 Å². The lowest BCUT2D eigenvalue weighted by atomic mass is 10.1. The van der Waals surface area contributed by atoms with E-state index in [0.717, 1.165) is 4.68 Å². The summed E-state index contributed by atoms with van der Waals surface area (Å²) in [4.78, 5) is 0. The van der Waals surface area contributed by atoms with Crippen molar-refractivity contribution in [3.8, 4) is 0 Å². The van der Waals surface area contributed by atoms with Gasteiger partial charge in [0.05, 0.1) is 11.1 Å². The zero-order valence-corrected chi connectivity index (χ0v) is 7.65. The summed E-state index contributed by atoms with van der Waals surface area (Å²) in [5.74, 6) is -1.33. The van der Waals surface area contributed by atoms with Gasteiger partial charge in [0.15, 0.2) is 0 Å². The first-order valence-corrected chi connectivity index (χ1v) is 3.75. The zero-order chi connectivity index (χ0) is 9.52. The van der Waals surface area contributed by atoms with Gasteiger partial charge in [-0.1, -0.05) is 0 Å². The summed E-state index contributed by atoms with van der Waals surface area (Å²) in [5.41, 5.74) is -0.538. The van der Waals surface area contributed by atoms with Crippen LogP contribution in [0.25, 0.3) is 0 Å². The summed E-state index contributed by atoms with van der Waals surface area (Å²) in [6.45, 7) is 6.67. The average molecular weight is 174 g/mol. The highest BCUT2D eigenvalue weighted by Crippen LogP contribution is 2.18. The van der Waals surface area contributed by atoms with Crippen molar-refractivity contribution in [1.29, 1.82) is 0 Å².